The Hall–Kier alpha value is -3.09. The third-order valence-corrected chi connectivity index (χ3v) is 4.73. The van der Waals surface area contributed by atoms with Gasteiger partial charge in [-0.05, 0) is 49.2 Å². The number of nitrogens with one attached hydrogen (secondary N) is 2. The van der Waals surface area contributed by atoms with Crippen molar-refractivity contribution >= 4 is 29.1 Å². The van der Waals surface area contributed by atoms with Gasteiger partial charge in [-0.25, -0.2) is 9.78 Å². The van der Waals surface area contributed by atoms with Gasteiger partial charge < -0.3 is 15.5 Å². The number of carbonyl (C=O) groups excluding carboxylic acids is 2. The van der Waals surface area contributed by atoms with Gasteiger partial charge in [0.15, 0.2) is 0 Å². The molecule has 0 saturated carbocycles. The summed E-state index contributed by atoms with van der Waals surface area (Å²) < 4.78 is 0. The quantitative estimate of drug-likeness (QED) is 0.887. The van der Waals surface area contributed by atoms with Crippen LogP contribution in [0.3, 0.4) is 0 Å². The first kappa shape index (κ1) is 16.4. The second-order valence-corrected chi connectivity index (χ2v) is 6.48. The Morgan fingerprint density at radius 1 is 1.04 bits per heavy atom. The zero-order valence-electron chi connectivity index (χ0n) is 14.4. The van der Waals surface area contributed by atoms with E-state index in [0.717, 1.165) is 24.6 Å². The van der Waals surface area contributed by atoms with E-state index in [0.29, 0.717) is 24.3 Å². The molecule has 2 aliphatic heterocycles. The lowest BCUT2D eigenvalue weighted by molar-refractivity contribution is 0.102. The Kier molecular flexibility index (Phi) is 4.43. The summed E-state index contributed by atoms with van der Waals surface area (Å²) in [5, 5.41) is 5.62. The van der Waals surface area contributed by atoms with Crippen LogP contribution >= 0.6 is 0 Å². The van der Waals surface area contributed by atoms with Crippen molar-refractivity contribution in [1.29, 1.82) is 0 Å². The number of amides is 3. The summed E-state index contributed by atoms with van der Waals surface area (Å²) in [5.74, 6) is 0.756. The van der Waals surface area contributed by atoms with Gasteiger partial charge in [-0.2, -0.15) is 0 Å². The molecule has 2 aliphatic rings. The van der Waals surface area contributed by atoms with Crippen LogP contribution in [0.4, 0.5) is 22.0 Å². The fourth-order valence-corrected chi connectivity index (χ4v) is 3.31. The molecule has 4 rings (SSSR count). The van der Waals surface area contributed by atoms with E-state index >= 15 is 0 Å². The maximum Gasteiger partial charge on any atom is 0.321 e. The van der Waals surface area contributed by atoms with Crippen LogP contribution in [-0.2, 0) is 0 Å². The Bertz CT molecular complexity index is 798. The highest BCUT2D eigenvalue weighted by Gasteiger charge is 2.21. The predicted molar refractivity (Wildman–Crippen MR) is 101 cm³/mol. The van der Waals surface area contributed by atoms with E-state index in [9.17, 15) is 9.59 Å². The summed E-state index contributed by atoms with van der Waals surface area (Å²) in [6.07, 6.45) is 4.10. The van der Waals surface area contributed by atoms with Crippen LogP contribution in [0.25, 0.3) is 0 Å². The highest BCUT2D eigenvalue weighted by atomic mass is 16.2. The van der Waals surface area contributed by atoms with Crippen LogP contribution < -0.4 is 20.4 Å². The summed E-state index contributed by atoms with van der Waals surface area (Å²) in [5.41, 5.74) is 1.99. The van der Waals surface area contributed by atoms with Gasteiger partial charge in [-0.1, -0.05) is 0 Å². The van der Waals surface area contributed by atoms with Gasteiger partial charge in [0.05, 0.1) is 11.9 Å². The molecule has 7 heteroatoms. The first-order valence-electron chi connectivity index (χ1n) is 8.88. The molecule has 0 bridgehead atoms. The standard InChI is InChI=1S/C19H21N5O2/c25-18(14-3-6-16(7-4-14)24-12-9-20-19(24)26)22-15-5-8-17(21-13-15)23-10-1-2-11-23/h3-8,13H,1-2,9-12H2,(H,20,26)(H,22,25). The Morgan fingerprint density at radius 2 is 1.81 bits per heavy atom. The van der Waals surface area contributed by atoms with Crippen molar-refractivity contribution in [2.75, 3.05) is 41.3 Å². The molecule has 0 aliphatic carbocycles. The van der Waals surface area contributed by atoms with Crippen molar-refractivity contribution < 1.29 is 9.59 Å². The lowest BCUT2D eigenvalue weighted by Crippen LogP contribution is -2.27. The van der Waals surface area contributed by atoms with E-state index < -0.39 is 0 Å². The molecule has 26 heavy (non-hydrogen) atoms. The number of benzene rings is 1. The van der Waals surface area contributed by atoms with Gasteiger partial charge in [0, 0.05) is 37.4 Å². The van der Waals surface area contributed by atoms with E-state index in [1.807, 2.05) is 12.1 Å². The number of carbonyl (C=O) groups is 2. The van der Waals surface area contributed by atoms with Gasteiger partial charge in [-0.3, -0.25) is 9.69 Å². The number of hydrogen-bond donors (Lipinski definition) is 2. The molecule has 2 saturated heterocycles. The minimum atomic E-state index is -0.196. The van der Waals surface area contributed by atoms with Gasteiger partial charge >= 0.3 is 6.03 Å². The van der Waals surface area contributed by atoms with Gasteiger partial charge in [-0.15, -0.1) is 0 Å². The molecule has 0 unspecified atom stereocenters. The van der Waals surface area contributed by atoms with E-state index in [-0.39, 0.29) is 11.9 Å². The number of anilines is 3. The van der Waals surface area contributed by atoms with E-state index in [4.69, 9.17) is 0 Å². The number of hydrogen-bond acceptors (Lipinski definition) is 4. The molecule has 1 aromatic heterocycles. The second-order valence-electron chi connectivity index (χ2n) is 6.48. The summed E-state index contributed by atoms with van der Waals surface area (Å²) in [7, 11) is 0. The minimum Gasteiger partial charge on any atom is -0.357 e. The number of urea groups is 1. The van der Waals surface area contributed by atoms with E-state index in [2.05, 4.69) is 20.5 Å². The predicted octanol–water partition coefficient (Wildman–Crippen LogP) is 2.46. The Morgan fingerprint density at radius 3 is 2.42 bits per heavy atom. The van der Waals surface area contributed by atoms with Crippen LogP contribution in [0.1, 0.15) is 23.2 Å². The van der Waals surface area contributed by atoms with Crippen molar-refractivity contribution in [2.45, 2.75) is 12.8 Å². The van der Waals surface area contributed by atoms with Gasteiger partial charge in [0.25, 0.3) is 5.91 Å². The highest BCUT2D eigenvalue weighted by molar-refractivity contribution is 6.04. The first-order valence-corrected chi connectivity index (χ1v) is 8.88. The second kappa shape index (κ2) is 7.03. The molecular weight excluding hydrogens is 330 g/mol. The molecule has 0 radical (unpaired) electrons. The maximum absolute atomic E-state index is 12.4. The number of pyridine rings is 1. The lowest BCUT2D eigenvalue weighted by atomic mass is 10.2. The van der Waals surface area contributed by atoms with Crippen LogP contribution in [-0.4, -0.2) is 43.1 Å². The molecule has 7 nitrogen and oxygen atoms in total. The normalized spacial score (nSPS) is 16.7. The topological polar surface area (TPSA) is 77.6 Å². The largest absolute Gasteiger partial charge is 0.357 e. The first-order chi connectivity index (χ1) is 12.7. The maximum atomic E-state index is 12.4. The molecule has 1 aromatic carbocycles. The van der Waals surface area contributed by atoms with Crippen LogP contribution in [0.2, 0.25) is 0 Å². The minimum absolute atomic E-state index is 0.105. The zero-order chi connectivity index (χ0) is 17.9. The summed E-state index contributed by atoms with van der Waals surface area (Å²) in [4.78, 5) is 32.4. The lowest BCUT2D eigenvalue weighted by Gasteiger charge is -2.16. The molecule has 3 heterocycles. The number of aromatic nitrogens is 1. The molecule has 2 N–H and O–H groups in total. The SMILES string of the molecule is O=C(Nc1ccc(N2CCCC2)nc1)c1ccc(N2CCNC2=O)cc1. The van der Waals surface area contributed by atoms with Crippen molar-refractivity contribution in [3.63, 3.8) is 0 Å². The average molecular weight is 351 g/mol. The van der Waals surface area contributed by atoms with Gasteiger partial charge in [0.1, 0.15) is 5.82 Å². The van der Waals surface area contributed by atoms with Crippen LogP contribution in [0.15, 0.2) is 42.6 Å². The van der Waals surface area contributed by atoms with Crippen LogP contribution in [0, 0.1) is 0 Å². The van der Waals surface area contributed by atoms with Crippen LogP contribution in [0.5, 0.6) is 0 Å². The van der Waals surface area contributed by atoms with Crippen molar-refractivity contribution in [3.05, 3.63) is 48.2 Å². The number of nitrogens with zero attached hydrogens (tertiary/aromatic N) is 3. The fraction of sp³-hybridized carbons (Fsp3) is 0.316. The molecule has 0 spiro atoms. The molecule has 134 valence electrons. The fourth-order valence-electron chi connectivity index (χ4n) is 3.31. The van der Waals surface area contributed by atoms with Crippen molar-refractivity contribution in [2.24, 2.45) is 0 Å². The third-order valence-electron chi connectivity index (χ3n) is 4.73. The zero-order valence-corrected chi connectivity index (χ0v) is 14.4. The molecule has 2 aromatic rings. The Balaban J connectivity index is 1.40. The summed E-state index contributed by atoms with van der Waals surface area (Å²) >= 11 is 0. The summed E-state index contributed by atoms with van der Waals surface area (Å²) in [6.45, 7) is 3.36. The number of rotatable bonds is 4. The molecule has 0 atom stereocenters. The Labute approximate surface area is 152 Å². The highest BCUT2D eigenvalue weighted by Crippen LogP contribution is 2.20. The van der Waals surface area contributed by atoms with Crippen molar-refractivity contribution in [3.8, 4) is 0 Å². The third kappa shape index (κ3) is 3.33. The molecule has 2 fully saturated rings. The average Bonchev–Trinajstić information content (AvgIpc) is 3.34. The molecule has 3 amide bonds. The van der Waals surface area contributed by atoms with Gasteiger partial charge in [0.2, 0.25) is 0 Å². The van der Waals surface area contributed by atoms with E-state index in [1.165, 1.54) is 12.8 Å². The smallest absolute Gasteiger partial charge is 0.321 e. The van der Waals surface area contributed by atoms with E-state index in [1.54, 1.807) is 35.4 Å². The monoisotopic (exact) mass is 351 g/mol. The summed E-state index contributed by atoms with van der Waals surface area (Å²) in [6, 6.07) is 10.7. The molecular formula is C19H21N5O2. The van der Waals surface area contributed by atoms with Crippen molar-refractivity contribution in [1.82, 2.24) is 10.3 Å².